The SMILES string of the molecule is CCNC(=O)c1cccc(NC(=O)C[NH2+][C@@H](C)c2cccc3ccccc23)c1. The molecule has 0 bridgehead atoms. The second-order valence-corrected chi connectivity index (χ2v) is 6.79. The van der Waals surface area contributed by atoms with Crippen molar-refractivity contribution in [3.05, 3.63) is 77.9 Å². The molecule has 0 aliphatic carbocycles. The average Bonchev–Trinajstić information content (AvgIpc) is 2.72. The van der Waals surface area contributed by atoms with Crippen molar-refractivity contribution in [1.29, 1.82) is 0 Å². The number of hydrogen-bond donors (Lipinski definition) is 3. The number of fused-ring (bicyclic) bond motifs is 1. The Bertz CT molecular complexity index is 979. The molecule has 5 nitrogen and oxygen atoms in total. The van der Waals surface area contributed by atoms with Gasteiger partial charge in [0.2, 0.25) is 0 Å². The van der Waals surface area contributed by atoms with Crippen LogP contribution in [0.1, 0.15) is 35.8 Å². The van der Waals surface area contributed by atoms with Gasteiger partial charge in [0.15, 0.2) is 6.54 Å². The number of nitrogens with two attached hydrogens (primary N) is 1. The van der Waals surface area contributed by atoms with Crippen molar-refractivity contribution in [1.82, 2.24) is 5.32 Å². The van der Waals surface area contributed by atoms with Gasteiger partial charge in [0.1, 0.15) is 6.04 Å². The zero-order valence-corrected chi connectivity index (χ0v) is 16.2. The molecule has 144 valence electrons. The van der Waals surface area contributed by atoms with Gasteiger partial charge in [0, 0.05) is 23.4 Å². The molecule has 3 rings (SSSR count). The van der Waals surface area contributed by atoms with Gasteiger partial charge >= 0.3 is 0 Å². The monoisotopic (exact) mass is 376 g/mol. The smallest absolute Gasteiger partial charge is 0.279 e. The van der Waals surface area contributed by atoms with Gasteiger partial charge in [-0.15, -0.1) is 0 Å². The molecule has 1 atom stereocenters. The van der Waals surface area contributed by atoms with Crippen molar-refractivity contribution in [2.24, 2.45) is 0 Å². The molecular formula is C23H26N3O2+. The first kappa shape index (κ1) is 19.6. The van der Waals surface area contributed by atoms with Crippen LogP contribution >= 0.6 is 0 Å². The van der Waals surface area contributed by atoms with Crippen LogP contribution in [0, 0.1) is 0 Å². The molecule has 0 aliphatic heterocycles. The summed E-state index contributed by atoms with van der Waals surface area (Å²) in [5, 5.41) is 10.1. The Hall–Kier alpha value is -3.18. The normalized spacial score (nSPS) is 11.8. The fourth-order valence-corrected chi connectivity index (χ4v) is 3.27. The van der Waals surface area contributed by atoms with Crippen molar-refractivity contribution < 1.29 is 14.9 Å². The molecule has 2 amide bonds. The number of nitrogens with one attached hydrogen (secondary N) is 2. The third kappa shape index (κ3) is 4.75. The lowest BCUT2D eigenvalue weighted by molar-refractivity contribution is -0.682. The Labute approximate surface area is 165 Å². The third-order valence-corrected chi connectivity index (χ3v) is 4.72. The summed E-state index contributed by atoms with van der Waals surface area (Å²) in [5.74, 6) is -0.241. The summed E-state index contributed by atoms with van der Waals surface area (Å²) in [6.45, 7) is 4.84. The first-order chi connectivity index (χ1) is 13.6. The molecule has 0 fully saturated rings. The van der Waals surface area contributed by atoms with Crippen LogP contribution in [0.2, 0.25) is 0 Å². The van der Waals surface area contributed by atoms with Crippen LogP contribution in [0.5, 0.6) is 0 Å². The summed E-state index contributed by atoms with van der Waals surface area (Å²) in [4.78, 5) is 24.3. The van der Waals surface area contributed by atoms with Crippen LogP contribution in [0.4, 0.5) is 5.69 Å². The second kappa shape index (κ2) is 9.15. The first-order valence-electron chi connectivity index (χ1n) is 9.57. The van der Waals surface area contributed by atoms with E-state index in [4.69, 9.17) is 0 Å². The van der Waals surface area contributed by atoms with Gasteiger partial charge in [-0.1, -0.05) is 48.5 Å². The van der Waals surface area contributed by atoms with E-state index in [2.05, 4.69) is 47.9 Å². The summed E-state index contributed by atoms with van der Waals surface area (Å²) in [7, 11) is 0. The van der Waals surface area contributed by atoms with Gasteiger partial charge < -0.3 is 16.0 Å². The van der Waals surface area contributed by atoms with Gasteiger partial charge in [-0.25, -0.2) is 0 Å². The molecule has 5 heteroatoms. The standard InChI is InChI=1S/C23H25N3O2/c1-3-24-23(28)18-10-6-11-19(14-18)26-22(27)15-25-16(2)20-13-7-9-17-8-4-5-12-21(17)20/h4-14,16,25H,3,15H2,1-2H3,(H,24,28)(H,26,27)/p+1/t16-/m0/s1. The Morgan fingerprint density at radius 1 is 1.00 bits per heavy atom. The predicted molar refractivity (Wildman–Crippen MR) is 112 cm³/mol. The number of carbonyl (C=O) groups excluding carboxylic acids is 2. The lowest BCUT2D eigenvalue weighted by atomic mass is 10.00. The highest BCUT2D eigenvalue weighted by atomic mass is 16.2. The fraction of sp³-hybridized carbons (Fsp3) is 0.217. The van der Waals surface area contributed by atoms with Gasteiger partial charge in [-0.2, -0.15) is 0 Å². The molecule has 0 radical (unpaired) electrons. The van der Waals surface area contributed by atoms with Crippen molar-refractivity contribution >= 4 is 28.3 Å². The number of rotatable bonds is 7. The maximum atomic E-state index is 12.4. The topological polar surface area (TPSA) is 74.8 Å². The Morgan fingerprint density at radius 3 is 2.57 bits per heavy atom. The molecular weight excluding hydrogens is 350 g/mol. The molecule has 4 N–H and O–H groups in total. The largest absolute Gasteiger partial charge is 0.352 e. The molecule has 3 aromatic rings. The van der Waals surface area contributed by atoms with Gasteiger partial charge in [0.05, 0.1) is 0 Å². The maximum absolute atomic E-state index is 12.4. The number of benzene rings is 3. The Balaban J connectivity index is 1.61. The van der Waals surface area contributed by atoms with Crippen molar-refractivity contribution in [3.8, 4) is 0 Å². The van der Waals surface area contributed by atoms with Crippen molar-refractivity contribution in [2.75, 3.05) is 18.4 Å². The lowest BCUT2D eigenvalue weighted by Gasteiger charge is -2.14. The summed E-state index contributed by atoms with van der Waals surface area (Å²) in [6, 6.07) is 21.7. The number of amides is 2. The fourth-order valence-electron chi connectivity index (χ4n) is 3.27. The molecule has 0 unspecified atom stereocenters. The molecule has 28 heavy (non-hydrogen) atoms. The summed E-state index contributed by atoms with van der Waals surface area (Å²) < 4.78 is 0. The number of anilines is 1. The van der Waals surface area contributed by atoms with E-state index >= 15 is 0 Å². The second-order valence-electron chi connectivity index (χ2n) is 6.79. The highest BCUT2D eigenvalue weighted by Gasteiger charge is 2.14. The van der Waals surface area contributed by atoms with Gasteiger partial charge in [-0.05, 0) is 42.8 Å². The summed E-state index contributed by atoms with van der Waals surface area (Å²) in [6.07, 6.45) is 0. The van der Waals surface area contributed by atoms with Gasteiger partial charge in [-0.3, -0.25) is 9.59 Å². The molecule has 0 saturated heterocycles. The van der Waals surface area contributed by atoms with Crippen LogP contribution in [0.25, 0.3) is 10.8 Å². The van der Waals surface area contributed by atoms with E-state index in [0.29, 0.717) is 24.3 Å². The Morgan fingerprint density at radius 2 is 1.75 bits per heavy atom. The van der Waals surface area contributed by atoms with E-state index in [-0.39, 0.29) is 17.9 Å². The predicted octanol–water partition coefficient (Wildman–Crippen LogP) is 2.85. The minimum atomic E-state index is -0.144. The van der Waals surface area contributed by atoms with E-state index in [1.165, 1.54) is 16.3 Å². The molecule has 0 saturated carbocycles. The van der Waals surface area contributed by atoms with Crippen molar-refractivity contribution in [3.63, 3.8) is 0 Å². The van der Waals surface area contributed by atoms with Crippen molar-refractivity contribution in [2.45, 2.75) is 19.9 Å². The zero-order valence-electron chi connectivity index (χ0n) is 16.2. The van der Waals surface area contributed by atoms with Crippen LogP contribution in [-0.2, 0) is 4.79 Å². The van der Waals surface area contributed by atoms with Crippen LogP contribution < -0.4 is 16.0 Å². The number of carbonyl (C=O) groups is 2. The Kier molecular flexibility index (Phi) is 6.40. The minimum absolute atomic E-state index is 0.0971. The highest BCUT2D eigenvalue weighted by Crippen LogP contribution is 2.22. The molecule has 0 spiro atoms. The lowest BCUT2D eigenvalue weighted by Crippen LogP contribution is -2.86. The maximum Gasteiger partial charge on any atom is 0.279 e. The molecule has 0 aromatic heterocycles. The quantitative estimate of drug-likeness (QED) is 0.593. The van der Waals surface area contributed by atoms with E-state index in [0.717, 1.165) is 0 Å². The van der Waals surface area contributed by atoms with Crippen LogP contribution in [0.3, 0.4) is 0 Å². The summed E-state index contributed by atoms with van der Waals surface area (Å²) in [5.41, 5.74) is 2.37. The van der Waals surface area contributed by atoms with Crippen LogP contribution in [-0.4, -0.2) is 24.9 Å². The summed E-state index contributed by atoms with van der Waals surface area (Å²) >= 11 is 0. The third-order valence-electron chi connectivity index (χ3n) is 4.72. The van der Waals surface area contributed by atoms with E-state index < -0.39 is 0 Å². The van der Waals surface area contributed by atoms with E-state index in [1.54, 1.807) is 24.3 Å². The highest BCUT2D eigenvalue weighted by molar-refractivity contribution is 5.97. The van der Waals surface area contributed by atoms with Gasteiger partial charge in [0.25, 0.3) is 11.8 Å². The first-order valence-corrected chi connectivity index (χ1v) is 9.57. The molecule has 3 aromatic carbocycles. The number of hydrogen-bond acceptors (Lipinski definition) is 2. The zero-order chi connectivity index (χ0) is 19.9. The van der Waals surface area contributed by atoms with Crippen LogP contribution in [0.15, 0.2) is 66.7 Å². The molecule has 0 heterocycles. The number of quaternary nitrogens is 1. The van der Waals surface area contributed by atoms with E-state index in [1.807, 2.05) is 24.4 Å². The minimum Gasteiger partial charge on any atom is -0.352 e. The average molecular weight is 376 g/mol. The molecule has 0 aliphatic rings. The van der Waals surface area contributed by atoms with E-state index in [9.17, 15) is 9.59 Å².